The van der Waals surface area contributed by atoms with E-state index in [-0.39, 0.29) is 0 Å². The van der Waals surface area contributed by atoms with Crippen molar-refractivity contribution in [1.29, 1.82) is 0 Å². The quantitative estimate of drug-likeness (QED) is 0.670. The third-order valence-electron chi connectivity index (χ3n) is 2.39. The molecule has 0 aliphatic heterocycles. The van der Waals surface area contributed by atoms with Crippen molar-refractivity contribution in [2.24, 2.45) is 0 Å². The van der Waals surface area contributed by atoms with Crippen LogP contribution >= 0.6 is 0 Å². The topological polar surface area (TPSA) is 19.9 Å². The molecule has 0 aliphatic carbocycles. The van der Waals surface area contributed by atoms with E-state index in [9.17, 15) is 5.11 Å². The van der Waals surface area contributed by atoms with Gasteiger partial charge < -0.3 is 0 Å². The molecule has 0 aromatic heterocycles. The molecule has 0 bridgehead atoms. The van der Waals surface area contributed by atoms with Gasteiger partial charge in [0, 0.05) is 0 Å². The van der Waals surface area contributed by atoms with Crippen LogP contribution in [0.2, 0.25) is 0 Å². The molecule has 0 N–H and O–H groups in total. The smallest absolute Gasteiger partial charge is 0.126 e. The van der Waals surface area contributed by atoms with Crippen molar-refractivity contribution in [2.45, 2.75) is 38.7 Å². The van der Waals surface area contributed by atoms with Gasteiger partial charge in [0.1, 0.15) is 5.60 Å². The highest BCUT2D eigenvalue weighted by Crippen LogP contribution is 2.26. The summed E-state index contributed by atoms with van der Waals surface area (Å²) in [5.74, 6) is 0. The third kappa shape index (κ3) is 2.85. The minimum atomic E-state index is -0.905. The minimum Gasteiger partial charge on any atom is -0.225 e. The van der Waals surface area contributed by atoms with E-state index in [2.05, 4.69) is 6.92 Å². The molecule has 1 aromatic carbocycles. The van der Waals surface area contributed by atoms with E-state index in [0.717, 1.165) is 24.8 Å². The number of rotatable bonds is 4. The minimum absolute atomic E-state index is 0.730. The summed E-state index contributed by atoms with van der Waals surface area (Å²) in [4.78, 5) is 0. The van der Waals surface area contributed by atoms with Crippen LogP contribution in [-0.2, 0) is 10.7 Å². The largest absolute Gasteiger partial charge is 0.225 e. The molecule has 0 fully saturated rings. The highest BCUT2D eigenvalue weighted by Gasteiger charge is 2.23. The standard InChI is InChI=1S/C12H17O/c1-3-4-10-12(2,13)11-8-6-5-7-9-11/h5-9H,3-4,10H2,1-2H3. The van der Waals surface area contributed by atoms with Gasteiger partial charge in [-0.2, -0.15) is 0 Å². The maximum Gasteiger partial charge on any atom is 0.126 e. The summed E-state index contributed by atoms with van der Waals surface area (Å²) in [5, 5.41) is 12.1. The van der Waals surface area contributed by atoms with E-state index < -0.39 is 5.60 Å². The Balaban J connectivity index is 2.69. The fourth-order valence-electron chi connectivity index (χ4n) is 1.45. The summed E-state index contributed by atoms with van der Waals surface area (Å²) >= 11 is 0. The highest BCUT2D eigenvalue weighted by atomic mass is 16.3. The van der Waals surface area contributed by atoms with Crippen LogP contribution in [0.25, 0.3) is 0 Å². The van der Waals surface area contributed by atoms with E-state index in [4.69, 9.17) is 0 Å². The molecule has 1 unspecified atom stereocenters. The van der Waals surface area contributed by atoms with E-state index in [0.29, 0.717) is 0 Å². The summed E-state index contributed by atoms with van der Waals surface area (Å²) in [6.07, 6.45) is 2.83. The molecule has 0 amide bonds. The van der Waals surface area contributed by atoms with Gasteiger partial charge >= 0.3 is 0 Å². The van der Waals surface area contributed by atoms with Gasteiger partial charge in [-0.3, -0.25) is 0 Å². The monoisotopic (exact) mass is 177 g/mol. The Morgan fingerprint density at radius 3 is 2.38 bits per heavy atom. The van der Waals surface area contributed by atoms with Crippen molar-refractivity contribution in [1.82, 2.24) is 0 Å². The number of hydrogen-bond acceptors (Lipinski definition) is 0. The summed E-state index contributed by atoms with van der Waals surface area (Å²) in [6.45, 7) is 3.89. The summed E-state index contributed by atoms with van der Waals surface area (Å²) in [7, 11) is 0. The van der Waals surface area contributed by atoms with Gasteiger partial charge in [0.15, 0.2) is 0 Å². The molecule has 1 radical (unpaired) electrons. The van der Waals surface area contributed by atoms with Gasteiger partial charge in [-0.25, -0.2) is 5.11 Å². The normalized spacial score (nSPS) is 15.3. The molecule has 1 heteroatoms. The second kappa shape index (κ2) is 4.43. The lowest BCUT2D eigenvalue weighted by Gasteiger charge is -2.20. The van der Waals surface area contributed by atoms with E-state index in [1.165, 1.54) is 0 Å². The van der Waals surface area contributed by atoms with E-state index in [1.54, 1.807) is 6.92 Å². The molecule has 1 rings (SSSR count). The van der Waals surface area contributed by atoms with E-state index in [1.807, 2.05) is 30.3 Å². The zero-order valence-corrected chi connectivity index (χ0v) is 8.42. The summed E-state index contributed by atoms with van der Waals surface area (Å²) in [6, 6.07) is 9.64. The molecule has 0 saturated carbocycles. The molecular formula is C12H17O. The first kappa shape index (κ1) is 10.3. The molecule has 1 aromatic rings. The van der Waals surface area contributed by atoms with Crippen molar-refractivity contribution >= 4 is 0 Å². The first-order valence-corrected chi connectivity index (χ1v) is 4.93. The first-order valence-electron chi connectivity index (χ1n) is 4.93. The zero-order chi connectivity index (χ0) is 9.73. The maximum absolute atomic E-state index is 12.1. The molecule has 0 saturated heterocycles. The van der Waals surface area contributed by atoms with Crippen molar-refractivity contribution in [2.75, 3.05) is 0 Å². The molecule has 1 nitrogen and oxygen atoms in total. The van der Waals surface area contributed by atoms with Crippen LogP contribution in [-0.4, -0.2) is 0 Å². The second-order valence-corrected chi connectivity index (χ2v) is 3.70. The van der Waals surface area contributed by atoms with Crippen molar-refractivity contribution in [3.63, 3.8) is 0 Å². The van der Waals surface area contributed by atoms with E-state index >= 15 is 0 Å². The fraction of sp³-hybridized carbons (Fsp3) is 0.500. The average Bonchev–Trinajstić information content (AvgIpc) is 2.16. The SMILES string of the molecule is CCCCC(C)([O])c1ccccc1. The molecule has 0 heterocycles. The zero-order valence-electron chi connectivity index (χ0n) is 8.42. The molecular weight excluding hydrogens is 160 g/mol. The van der Waals surface area contributed by atoms with Crippen LogP contribution in [0, 0.1) is 0 Å². The number of hydrogen-bond donors (Lipinski definition) is 0. The Morgan fingerprint density at radius 2 is 1.85 bits per heavy atom. The van der Waals surface area contributed by atoms with Crippen LogP contribution < -0.4 is 0 Å². The van der Waals surface area contributed by atoms with Crippen molar-refractivity contribution in [3.8, 4) is 0 Å². The maximum atomic E-state index is 12.1. The van der Waals surface area contributed by atoms with Gasteiger partial charge in [0.2, 0.25) is 0 Å². The van der Waals surface area contributed by atoms with Crippen LogP contribution in [0.1, 0.15) is 38.7 Å². The lowest BCUT2D eigenvalue weighted by molar-refractivity contribution is -0.0271. The Hall–Kier alpha value is -0.820. The first-order chi connectivity index (χ1) is 6.17. The highest BCUT2D eigenvalue weighted by molar-refractivity contribution is 5.20. The third-order valence-corrected chi connectivity index (χ3v) is 2.39. The molecule has 1 atom stereocenters. The molecule has 71 valence electrons. The van der Waals surface area contributed by atoms with Crippen LogP contribution in [0.15, 0.2) is 30.3 Å². The Labute approximate surface area is 80.4 Å². The Bertz CT molecular complexity index is 239. The van der Waals surface area contributed by atoms with Gasteiger partial charge in [-0.15, -0.1) is 0 Å². The van der Waals surface area contributed by atoms with Crippen molar-refractivity contribution < 1.29 is 5.11 Å². The summed E-state index contributed by atoms with van der Waals surface area (Å²) < 4.78 is 0. The van der Waals surface area contributed by atoms with Crippen LogP contribution in [0.5, 0.6) is 0 Å². The van der Waals surface area contributed by atoms with Crippen LogP contribution in [0.3, 0.4) is 0 Å². The number of unbranched alkanes of at least 4 members (excludes halogenated alkanes) is 1. The van der Waals surface area contributed by atoms with Crippen molar-refractivity contribution in [3.05, 3.63) is 35.9 Å². The molecule has 13 heavy (non-hydrogen) atoms. The van der Waals surface area contributed by atoms with Gasteiger partial charge in [0.05, 0.1) is 0 Å². The Morgan fingerprint density at radius 1 is 1.23 bits per heavy atom. The fourth-order valence-corrected chi connectivity index (χ4v) is 1.45. The van der Waals surface area contributed by atoms with Crippen LogP contribution in [0.4, 0.5) is 0 Å². The lowest BCUT2D eigenvalue weighted by atomic mass is 9.91. The molecule has 0 aliphatic rings. The number of benzene rings is 1. The average molecular weight is 177 g/mol. The predicted octanol–water partition coefficient (Wildman–Crippen LogP) is 3.52. The summed E-state index contributed by atoms with van der Waals surface area (Å²) in [5.41, 5.74) is 0.000486. The Kier molecular flexibility index (Phi) is 3.49. The van der Waals surface area contributed by atoms with Gasteiger partial charge in [-0.1, -0.05) is 50.1 Å². The van der Waals surface area contributed by atoms with Gasteiger partial charge in [-0.05, 0) is 18.9 Å². The molecule has 0 spiro atoms. The lowest BCUT2D eigenvalue weighted by Crippen LogP contribution is -2.18. The van der Waals surface area contributed by atoms with Gasteiger partial charge in [0.25, 0.3) is 0 Å². The predicted molar refractivity (Wildman–Crippen MR) is 54.0 cm³/mol. The second-order valence-electron chi connectivity index (χ2n) is 3.70.